The zero-order valence-corrected chi connectivity index (χ0v) is 12.4. The number of aromatic amines is 1. The molecule has 1 aromatic heterocycles. The fourth-order valence-corrected chi connectivity index (χ4v) is 2.27. The molecule has 0 aliphatic heterocycles. The van der Waals surface area contributed by atoms with Crippen LogP contribution in [0.3, 0.4) is 0 Å². The van der Waals surface area contributed by atoms with Gasteiger partial charge < -0.3 is 15.6 Å². The van der Waals surface area contributed by atoms with Crippen LogP contribution in [0.1, 0.15) is 31.3 Å². The molecule has 1 amide bonds. The van der Waals surface area contributed by atoms with E-state index in [2.05, 4.69) is 18.8 Å². The van der Waals surface area contributed by atoms with E-state index in [-0.39, 0.29) is 11.3 Å². The van der Waals surface area contributed by atoms with Gasteiger partial charge in [-0.25, -0.2) is 0 Å². The second kappa shape index (κ2) is 5.67. The lowest BCUT2D eigenvalue weighted by molar-refractivity contribution is 0.0696. The Kier molecular flexibility index (Phi) is 4.14. The lowest BCUT2D eigenvalue weighted by Crippen LogP contribution is -2.42. The van der Waals surface area contributed by atoms with Crippen molar-refractivity contribution in [1.82, 2.24) is 9.88 Å². The van der Waals surface area contributed by atoms with Crippen LogP contribution in [0.25, 0.3) is 10.9 Å². The third kappa shape index (κ3) is 3.02. The first-order valence-electron chi connectivity index (χ1n) is 7.04. The van der Waals surface area contributed by atoms with Crippen molar-refractivity contribution in [3.05, 3.63) is 36.0 Å². The van der Waals surface area contributed by atoms with Crippen molar-refractivity contribution in [1.29, 1.82) is 0 Å². The van der Waals surface area contributed by atoms with Gasteiger partial charge >= 0.3 is 0 Å². The number of nitrogens with zero attached hydrogens (tertiary/aromatic N) is 1. The number of H-pyrrole nitrogens is 1. The lowest BCUT2D eigenvalue weighted by Gasteiger charge is -2.30. The average molecular weight is 273 g/mol. The van der Waals surface area contributed by atoms with Crippen LogP contribution in [0, 0.1) is 5.41 Å². The summed E-state index contributed by atoms with van der Waals surface area (Å²) in [4.78, 5) is 17.6. The summed E-state index contributed by atoms with van der Waals surface area (Å²) in [6.07, 6.45) is 0. The van der Waals surface area contributed by atoms with Crippen LogP contribution in [-0.2, 0) is 0 Å². The molecule has 0 atom stereocenters. The minimum atomic E-state index is -0.0717. The Bertz CT molecular complexity index is 568. The molecule has 4 nitrogen and oxygen atoms in total. The zero-order chi connectivity index (χ0) is 14.8. The monoisotopic (exact) mass is 273 g/mol. The summed E-state index contributed by atoms with van der Waals surface area (Å²) in [5.74, 6) is 0.0326. The predicted molar refractivity (Wildman–Crippen MR) is 82.7 cm³/mol. The van der Waals surface area contributed by atoms with E-state index >= 15 is 0 Å². The first-order chi connectivity index (χ1) is 9.46. The second-order valence-corrected chi connectivity index (χ2v) is 5.96. The third-order valence-electron chi connectivity index (χ3n) is 3.60. The molecule has 4 heteroatoms. The third-order valence-corrected chi connectivity index (χ3v) is 3.60. The maximum absolute atomic E-state index is 12.6. The highest BCUT2D eigenvalue weighted by atomic mass is 16.2. The van der Waals surface area contributed by atoms with E-state index < -0.39 is 0 Å². The molecule has 108 valence electrons. The number of hydrogen-bond donors (Lipinski definition) is 2. The lowest BCUT2D eigenvalue weighted by atomic mass is 9.93. The number of nitrogens with one attached hydrogen (secondary N) is 1. The van der Waals surface area contributed by atoms with Gasteiger partial charge in [0, 0.05) is 24.0 Å². The smallest absolute Gasteiger partial charge is 0.270 e. The first kappa shape index (κ1) is 14.6. The summed E-state index contributed by atoms with van der Waals surface area (Å²) in [5, 5.41) is 1.06. The highest BCUT2D eigenvalue weighted by Crippen LogP contribution is 2.19. The topological polar surface area (TPSA) is 62.1 Å². The number of hydrogen-bond acceptors (Lipinski definition) is 2. The van der Waals surface area contributed by atoms with Crippen LogP contribution in [-0.4, -0.2) is 35.4 Å². The van der Waals surface area contributed by atoms with Gasteiger partial charge in [-0.05, 0) is 31.0 Å². The molecular weight excluding hydrogens is 250 g/mol. The van der Waals surface area contributed by atoms with Crippen molar-refractivity contribution < 1.29 is 4.79 Å². The normalized spacial score (nSPS) is 11.8. The van der Waals surface area contributed by atoms with E-state index in [1.54, 1.807) is 0 Å². The Morgan fingerprint density at radius 3 is 2.65 bits per heavy atom. The number of carbonyl (C=O) groups excluding carboxylic acids is 1. The molecular formula is C16H23N3O. The molecule has 1 heterocycles. The van der Waals surface area contributed by atoms with Gasteiger partial charge in [0.1, 0.15) is 5.69 Å². The molecule has 3 N–H and O–H groups in total. The summed E-state index contributed by atoms with van der Waals surface area (Å²) < 4.78 is 0. The van der Waals surface area contributed by atoms with E-state index in [9.17, 15) is 4.79 Å². The van der Waals surface area contributed by atoms with E-state index in [0.717, 1.165) is 10.9 Å². The van der Waals surface area contributed by atoms with E-state index in [0.29, 0.717) is 25.3 Å². The van der Waals surface area contributed by atoms with Gasteiger partial charge in [-0.1, -0.05) is 32.0 Å². The number of rotatable bonds is 5. The minimum absolute atomic E-state index is 0.0326. The Labute approximate surface area is 120 Å². The highest BCUT2D eigenvalue weighted by Gasteiger charge is 2.24. The fourth-order valence-electron chi connectivity index (χ4n) is 2.27. The fraction of sp³-hybridized carbons (Fsp3) is 0.438. The van der Waals surface area contributed by atoms with Crippen molar-refractivity contribution in [2.24, 2.45) is 11.1 Å². The molecule has 1 aromatic carbocycles. The summed E-state index contributed by atoms with van der Waals surface area (Å²) >= 11 is 0. The van der Waals surface area contributed by atoms with Crippen LogP contribution >= 0.6 is 0 Å². The molecule has 2 aromatic rings. The summed E-state index contributed by atoms with van der Waals surface area (Å²) in [6.45, 7) is 8.05. The van der Waals surface area contributed by atoms with E-state index in [1.807, 2.05) is 42.2 Å². The SMILES string of the molecule is CCN(CC(C)(C)CN)C(=O)c1cc2ccccc2[nH]1. The van der Waals surface area contributed by atoms with Crippen molar-refractivity contribution in [3.63, 3.8) is 0 Å². The van der Waals surface area contributed by atoms with Gasteiger partial charge in [-0.2, -0.15) is 0 Å². The largest absolute Gasteiger partial charge is 0.351 e. The van der Waals surface area contributed by atoms with Crippen molar-refractivity contribution in [2.45, 2.75) is 20.8 Å². The maximum Gasteiger partial charge on any atom is 0.270 e. The molecule has 0 radical (unpaired) electrons. The first-order valence-corrected chi connectivity index (χ1v) is 7.04. The predicted octanol–water partition coefficient (Wildman–Crippen LogP) is 2.61. The van der Waals surface area contributed by atoms with Gasteiger partial charge in [-0.15, -0.1) is 0 Å². The molecule has 0 aliphatic rings. The Morgan fingerprint density at radius 1 is 1.35 bits per heavy atom. The van der Waals surface area contributed by atoms with Gasteiger partial charge in [0.15, 0.2) is 0 Å². The molecule has 0 unspecified atom stereocenters. The number of amides is 1. The van der Waals surface area contributed by atoms with Gasteiger partial charge in [0.05, 0.1) is 0 Å². The molecule has 0 saturated carbocycles. The summed E-state index contributed by atoms with van der Waals surface area (Å²) in [5.41, 5.74) is 7.32. The molecule has 0 aliphatic carbocycles. The van der Waals surface area contributed by atoms with Crippen LogP contribution in [0.2, 0.25) is 0 Å². The zero-order valence-electron chi connectivity index (χ0n) is 12.4. The number of benzene rings is 1. The highest BCUT2D eigenvalue weighted by molar-refractivity contribution is 5.98. The van der Waals surface area contributed by atoms with Gasteiger partial charge in [0.2, 0.25) is 0 Å². The number of fused-ring (bicyclic) bond motifs is 1. The second-order valence-electron chi connectivity index (χ2n) is 5.96. The van der Waals surface area contributed by atoms with Crippen LogP contribution in [0.5, 0.6) is 0 Å². The van der Waals surface area contributed by atoms with E-state index in [4.69, 9.17) is 5.73 Å². The number of nitrogens with two attached hydrogens (primary N) is 1. The average Bonchev–Trinajstić information content (AvgIpc) is 2.88. The number of para-hydroxylation sites is 1. The molecule has 0 fully saturated rings. The molecule has 0 spiro atoms. The molecule has 0 bridgehead atoms. The summed E-state index contributed by atoms with van der Waals surface area (Å²) in [6, 6.07) is 9.83. The van der Waals surface area contributed by atoms with Crippen LogP contribution < -0.4 is 5.73 Å². The van der Waals surface area contributed by atoms with Crippen molar-refractivity contribution >= 4 is 16.8 Å². The van der Waals surface area contributed by atoms with Crippen molar-refractivity contribution in [3.8, 4) is 0 Å². The Morgan fingerprint density at radius 2 is 2.05 bits per heavy atom. The molecule has 2 rings (SSSR count). The minimum Gasteiger partial charge on any atom is -0.351 e. The van der Waals surface area contributed by atoms with E-state index in [1.165, 1.54) is 0 Å². The quantitative estimate of drug-likeness (QED) is 0.879. The molecule has 20 heavy (non-hydrogen) atoms. The molecule has 0 saturated heterocycles. The van der Waals surface area contributed by atoms with Crippen molar-refractivity contribution in [2.75, 3.05) is 19.6 Å². The number of carbonyl (C=O) groups is 1. The van der Waals surface area contributed by atoms with Crippen LogP contribution in [0.15, 0.2) is 30.3 Å². The van der Waals surface area contributed by atoms with Crippen LogP contribution in [0.4, 0.5) is 0 Å². The van der Waals surface area contributed by atoms with Gasteiger partial charge in [-0.3, -0.25) is 4.79 Å². The standard InChI is InChI=1S/C16H23N3O/c1-4-19(11-16(2,3)10-17)15(20)14-9-12-7-5-6-8-13(12)18-14/h5-9,18H,4,10-11,17H2,1-3H3. The van der Waals surface area contributed by atoms with Gasteiger partial charge in [0.25, 0.3) is 5.91 Å². The Balaban J connectivity index is 2.24. The summed E-state index contributed by atoms with van der Waals surface area (Å²) in [7, 11) is 0. The maximum atomic E-state index is 12.6. The number of aromatic nitrogens is 1. The Hall–Kier alpha value is -1.81.